The third kappa shape index (κ3) is 4.15. The van der Waals surface area contributed by atoms with Crippen molar-refractivity contribution < 1.29 is 14.3 Å². The van der Waals surface area contributed by atoms with Crippen molar-refractivity contribution in [3.05, 3.63) is 45.4 Å². The molecular weight excluding hydrogens is 372 g/mol. The van der Waals surface area contributed by atoms with Crippen molar-refractivity contribution in [1.29, 1.82) is 5.26 Å². The van der Waals surface area contributed by atoms with Gasteiger partial charge in [-0.05, 0) is 45.4 Å². The van der Waals surface area contributed by atoms with E-state index in [9.17, 15) is 14.9 Å². The number of anilines is 1. The van der Waals surface area contributed by atoms with E-state index in [0.717, 1.165) is 5.56 Å². The zero-order valence-electron chi connectivity index (χ0n) is 17.0. The predicted octanol–water partition coefficient (Wildman–Crippen LogP) is 2.09. The standard InChI is InChI=1S/C21H24N4O4/c1-5-28-21(27)16(10-22)9-17-19(24-11-14(3)29-15(4)12-24)23-18-13(2)7-6-8-25(18)20(17)26/h6-9,14-15H,5,11-12H2,1-4H3/b16-9+/t14-,15-/m0/s1. The van der Waals surface area contributed by atoms with Crippen LogP contribution >= 0.6 is 0 Å². The largest absolute Gasteiger partial charge is 0.462 e. The number of fused-ring (bicyclic) bond motifs is 1. The molecule has 0 aromatic carbocycles. The van der Waals surface area contributed by atoms with Gasteiger partial charge < -0.3 is 14.4 Å². The van der Waals surface area contributed by atoms with E-state index in [1.54, 1.807) is 19.2 Å². The molecule has 29 heavy (non-hydrogen) atoms. The predicted molar refractivity (Wildman–Crippen MR) is 109 cm³/mol. The number of nitrogens with zero attached hydrogens (tertiary/aromatic N) is 4. The van der Waals surface area contributed by atoms with Gasteiger partial charge in [-0.1, -0.05) is 6.07 Å². The van der Waals surface area contributed by atoms with Gasteiger partial charge in [-0.3, -0.25) is 9.20 Å². The molecule has 0 saturated carbocycles. The number of esters is 1. The van der Waals surface area contributed by atoms with Crippen LogP contribution in [0.4, 0.5) is 5.82 Å². The van der Waals surface area contributed by atoms with Crippen LogP contribution in [0.1, 0.15) is 31.9 Å². The highest BCUT2D eigenvalue weighted by molar-refractivity contribution is 5.98. The second-order valence-corrected chi connectivity index (χ2v) is 7.09. The molecule has 1 aliphatic heterocycles. The molecule has 0 N–H and O–H groups in total. The summed E-state index contributed by atoms with van der Waals surface area (Å²) in [5, 5.41) is 9.44. The minimum Gasteiger partial charge on any atom is -0.462 e. The Labute approximate surface area is 169 Å². The Bertz CT molecular complexity index is 1060. The lowest BCUT2D eigenvalue weighted by Gasteiger charge is -2.36. The number of ether oxygens (including phenoxy) is 2. The summed E-state index contributed by atoms with van der Waals surface area (Å²) in [6.07, 6.45) is 2.81. The van der Waals surface area contributed by atoms with Gasteiger partial charge >= 0.3 is 5.97 Å². The molecule has 3 rings (SSSR count). The molecule has 1 fully saturated rings. The highest BCUT2D eigenvalue weighted by Gasteiger charge is 2.27. The van der Waals surface area contributed by atoms with Crippen molar-refractivity contribution >= 4 is 23.5 Å². The molecule has 0 unspecified atom stereocenters. The fourth-order valence-electron chi connectivity index (χ4n) is 3.51. The number of carbonyl (C=O) groups is 1. The average molecular weight is 396 g/mol. The Morgan fingerprint density at radius 2 is 2.10 bits per heavy atom. The van der Waals surface area contributed by atoms with Crippen LogP contribution in [0.5, 0.6) is 0 Å². The van der Waals surface area contributed by atoms with Crippen LogP contribution in [0, 0.1) is 18.3 Å². The molecule has 8 nitrogen and oxygen atoms in total. The monoisotopic (exact) mass is 396 g/mol. The molecule has 152 valence electrons. The second-order valence-electron chi connectivity index (χ2n) is 7.09. The second kappa shape index (κ2) is 8.45. The van der Waals surface area contributed by atoms with E-state index < -0.39 is 5.97 Å². The number of rotatable bonds is 4. The molecule has 2 aromatic rings. The van der Waals surface area contributed by atoms with E-state index in [-0.39, 0.29) is 35.5 Å². The third-order valence-corrected chi connectivity index (χ3v) is 4.69. The number of morpholine rings is 1. The average Bonchev–Trinajstić information content (AvgIpc) is 2.67. The number of aromatic nitrogens is 2. The van der Waals surface area contributed by atoms with Gasteiger partial charge in [0.25, 0.3) is 5.56 Å². The van der Waals surface area contributed by atoms with Gasteiger partial charge in [0.1, 0.15) is 23.1 Å². The van der Waals surface area contributed by atoms with E-state index in [1.807, 2.05) is 37.8 Å². The fourth-order valence-corrected chi connectivity index (χ4v) is 3.51. The number of carbonyl (C=O) groups excluding carboxylic acids is 1. The number of hydrogen-bond acceptors (Lipinski definition) is 7. The molecule has 1 aliphatic rings. The summed E-state index contributed by atoms with van der Waals surface area (Å²) in [5.74, 6) is -0.332. The number of aryl methyl sites for hydroxylation is 1. The van der Waals surface area contributed by atoms with E-state index >= 15 is 0 Å². The van der Waals surface area contributed by atoms with Gasteiger partial charge in [-0.15, -0.1) is 0 Å². The van der Waals surface area contributed by atoms with Gasteiger partial charge in [0.15, 0.2) is 0 Å². The van der Waals surface area contributed by atoms with E-state index in [4.69, 9.17) is 14.5 Å². The summed E-state index contributed by atoms with van der Waals surface area (Å²) in [7, 11) is 0. The number of nitriles is 1. The van der Waals surface area contributed by atoms with Gasteiger partial charge in [-0.25, -0.2) is 9.78 Å². The Morgan fingerprint density at radius 1 is 1.41 bits per heavy atom. The minimum atomic E-state index is -0.765. The van der Waals surface area contributed by atoms with Crippen LogP contribution in [0.15, 0.2) is 28.7 Å². The zero-order valence-corrected chi connectivity index (χ0v) is 17.0. The molecule has 2 atom stereocenters. The molecule has 3 heterocycles. The Morgan fingerprint density at radius 3 is 2.72 bits per heavy atom. The van der Waals surface area contributed by atoms with Crippen LogP contribution in [-0.4, -0.2) is 47.3 Å². The first-order chi connectivity index (χ1) is 13.8. The van der Waals surface area contributed by atoms with Crippen LogP contribution in [0.25, 0.3) is 11.7 Å². The van der Waals surface area contributed by atoms with Gasteiger partial charge in [0.2, 0.25) is 0 Å². The molecule has 0 radical (unpaired) electrons. The molecule has 0 aliphatic carbocycles. The molecule has 8 heteroatoms. The lowest BCUT2D eigenvalue weighted by atomic mass is 10.1. The highest BCUT2D eigenvalue weighted by Crippen LogP contribution is 2.24. The molecular formula is C21H24N4O4. The fraction of sp³-hybridized carbons (Fsp3) is 0.429. The summed E-state index contributed by atoms with van der Waals surface area (Å²) in [4.78, 5) is 32.1. The maximum absolute atomic E-state index is 13.3. The van der Waals surface area contributed by atoms with Crippen LogP contribution in [0.2, 0.25) is 0 Å². The van der Waals surface area contributed by atoms with Crippen molar-refractivity contribution in [3.8, 4) is 6.07 Å². The number of hydrogen-bond donors (Lipinski definition) is 0. The van der Waals surface area contributed by atoms with Crippen LogP contribution < -0.4 is 10.5 Å². The van der Waals surface area contributed by atoms with Crippen LogP contribution in [0.3, 0.4) is 0 Å². The van der Waals surface area contributed by atoms with Crippen molar-refractivity contribution in [2.24, 2.45) is 0 Å². The van der Waals surface area contributed by atoms with Gasteiger partial charge in [-0.2, -0.15) is 5.26 Å². The summed E-state index contributed by atoms with van der Waals surface area (Å²) >= 11 is 0. The summed E-state index contributed by atoms with van der Waals surface area (Å²) in [6.45, 7) is 8.67. The first kappa shape index (κ1) is 20.6. The van der Waals surface area contributed by atoms with Crippen LogP contribution in [-0.2, 0) is 14.3 Å². The lowest BCUT2D eigenvalue weighted by Crippen LogP contribution is -2.46. The van der Waals surface area contributed by atoms with Crippen molar-refractivity contribution in [2.45, 2.75) is 39.9 Å². The molecule has 2 aromatic heterocycles. The lowest BCUT2D eigenvalue weighted by molar-refractivity contribution is -0.137. The maximum atomic E-state index is 13.3. The Kier molecular flexibility index (Phi) is 5.99. The van der Waals surface area contributed by atoms with E-state index in [0.29, 0.717) is 24.6 Å². The Hall–Kier alpha value is -3.18. The summed E-state index contributed by atoms with van der Waals surface area (Å²) < 4.78 is 12.2. The molecule has 0 spiro atoms. The van der Waals surface area contributed by atoms with E-state index in [1.165, 1.54) is 10.5 Å². The molecule has 0 amide bonds. The quantitative estimate of drug-likeness (QED) is 0.443. The third-order valence-electron chi connectivity index (χ3n) is 4.69. The summed E-state index contributed by atoms with van der Waals surface area (Å²) in [5.41, 5.74) is 0.971. The van der Waals surface area contributed by atoms with Crippen molar-refractivity contribution in [3.63, 3.8) is 0 Å². The topological polar surface area (TPSA) is 96.9 Å². The minimum absolute atomic E-state index is 0.0480. The van der Waals surface area contributed by atoms with Gasteiger partial charge in [0, 0.05) is 19.3 Å². The smallest absolute Gasteiger partial charge is 0.348 e. The first-order valence-electron chi connectivity index (χ1n) is 9.57. The SMILES string of the molecule is CCOC(=O)/C(C#N)=C/c1c(N2C[C@H](C)O[C@@H](C)C2)nc2c(C)cccn2c1=O. The maximum Gasteiger partial charge on any atom is 0.348 e. The first-order valence-corrected chi connectivity index (χ1v) is 9.57. The normalized spacial score (nSPS) is 19.8. The van der Waals surface area contributed by atoms with Gasteiger partial charge in [0.05, 0.1) is 24.4 Å². The van der Waals surface area contributed by atoms with E-state index in [2.05, 4.69) is 0 Å². The molecule has 0 bridgehead atoms. The van der Waals surface area contributed by atoms with Crippen molar-refractivity contribution in [2.75, 3.05) is 24.6 Å². The number of pyridine rings is 1. The van der Waals surface area contributed by atoms with Crippen molar-refractivity contribution in [1.82, 2.24) is 9.38 Å². The highest BCUT2D eigenvalue weighted by atomic mass is 16.5. The molecule has 1 saturated heterocycles. The zero-order chi connectivity index (χ0) is 21.1. The Balaban J connectivity index is 2.26. The summed E-state index contributed by atoms with van der Waals surface area (Å²) in [6, 6.07) is 5.47.